The minimum absolute atomic E-state index is 0.0498. The van der Waals surface area contributed by atoms with Gasteiger partial charge in [0.2, 0.25) is 5.91 Å². The lowest BCUT2D eigenvalue weighted by Crippen LogP contribution is -2.51. The molecule has 0 spiro atoms. The first kappa shape index (κ1) is 10.7. The van der Waals surface area contributed by atoms with Gasteiger partial charge in [-0.25, -0.2) is 5.43 Å². The summed E-state index contributed by atoms with van der Waals surface area (Å²) in [5.74, 6) is 1.47. The molecule has 84 valence electrons. The molecule has 3 aliphatic rings. The Kier molecular flexibility index (Phi) is 3.10. The Morgan fingerprint density at radius 2 is 2.13 bits per heavy atom. The van der Waals surface area contributed by atoms with Gasteiger partial charge in [0.05, 0.1) is 0 Å². The Morgan fingerprint density at radius 3 is 2.60 bits per heavy atom. The Morgan fingerprint density at radius 1 is 1.33 bits per heavy atom. The van der Waals surface area contributed by atoms with Crippen LogP contribution in [0.4, 0.5) is 0 Å². The van der Waals surface area contributed by atoms with Crippen LogP contribution in [0.1, 0.15) is 33.1 Å². The van der Waals surface area contributed by atoms with Crippen molar-refractivity contribution in [1.82, 2.24) is 10.9 Å². The zero-order valence-corrected chi connectivity index (χ0v) is 9.49. The van der Waals surface area contributed by atoms with Gasteiger partial charge in [-0.05, 0) is 31.1 Å². The summed E-state index contributed by atoms with van der Waals surface area (Å²) < 4.78 is 0. The molecule has 15 heavy (non-hydrogen) atoms. The predicted octanol–water partition coefficient (Wildman–Crippen LogP) is 1.62. The van der Waals surface area contributed by atoms with Gasteiger partial charge in [-0.15, -0.1) is 0 Å². The van der Waals surface area contributed by atoms with Gasteiger partial charge in [0.15, 0.2) is 0 Å². The highest BCUT2D eigenvalue weighted by Gasteiger charge is 2.31. The van der Waals surface area contributed by atoms with Crippen molar-refractivity contribution in [2.45, 2.75) is 39.2 Å². The molecule has 3 aliphatic carbocycles. The van der Waals surface area contributed by atoms with Crippen LogP contribution < -0.4 is 10.9 Å². The van der Waals surface area contributed by atoms with Crippen molar-refractivity contribution >= 4 is 5.91 Å². The van der Waals surface area contributed by atoms with Crippen LogP contribution in [-0.4, -0.2) is 11.9 Å². The average molecular weight is 208 g/mol. The van der Waals surface area contributed by atoms with Crippen LogP contribution in [0.2, 0.25) is 0 Å². The highest BCUT2D eigenvalue weighted by molar-refractivity contribution is 5.77. The second-order valence-corrected chi connectivity index (χ2v) is 5.02. The quantitative estimate of drug-likeness (QED) is 0.546. The van der Waals surface area contributed by atoms with E-state index < -0.39 is 0 Å². The molecule has 1 amide bonds. The van der Waals surface area contributed by atoms with Gasteiger partial charge in [-0.2, -0.15) is 0 Å². The number of fused-ring (bicyclic) bond motifs is 2. The minimum atomic E-state index is 0.0498. The summed E-state index contributed by atoms with van der Waals surface area (Å²) in [5.41, 5.74) is 6.00. The van der Waals surface area contributed by atoms with Crippen molar-refractivity contribution in [3.63, 3.8) is 0 Å². The molecule has 0 radical (unpaired) electrons. The van der Waals surface area contributed by atoms with Crippen molar-refractivity contribution in [3.05, 3.63) is 12.2 Å². The molecule has 0 aromatic heterocycles. The standard InChI is InChI=1S/C12H20N2O/c1-8(2)12(15)14-13-11-7-9-3-5-10(11)6-4-9/h3,5,8-11,13H,4,6-7H2,1-2H3,(H,14,15). The molecular formula is C12H20N2O. The summed E-state index contributed by atoms with van der Waals surface area (Å²) in [7, 11) is 0. The second kappa shape index (κ2) is 4.35. The van der Waals surface area contributed by atoms with Crippen LogP contribution in [0.5, 0.6) is 0 Å². The largest absolute Gasteiger partial charge is 0.291 e. The number of nitrogens with one attached hydrogen (secondary N) is 2. The first-order chi connectivity index (χ1) is 7.16. The third kappa shape index (κ3) is 2.40. The highest BCUT2D eigenvalue weighted by atomic mass is 16.2. The van der Waals surface area contributed by atoms with E-state index in [0.29, 0.717) is 12.0 Å². The Bertz CT molecular complexity index is 273. The van der Waals surface area contributed by atoms with E-state index in [1.54, 1.807) is 0 Å². The summed E-state index contributed by atoms with van der Waals surface area (Å²) >= 11 is 0. The van der Waals surface area contributed by atoms with E-state index in [2.05, 4.69) is 23.0 Å². The SMILES string of the molecule is CC(C)C(=O)NNC1CC2C=CC1CC2. The van der Waals surface area contributed by atoms with E-state index >= 15 is 0 Å². The summed E-state index contributed by atoms with van der Waals surface area (Å²) in [5, 5.41) is 0. The van der Waals surface area contributed by atoms with Gasteiger partial charge in [-0.3, -0.25) is 10.2 Å². The van der Waals surface area contributed by atoms with Gasteiger partial charge in [-0.1, -0.05) is 26.0 Å². The van der Waals surface area contributed by atoms with E-state index in [1.165, 1.54) is 19.3 Å². The lowest BCUT2D eigenvalue weighted by atomic mass is 9.73. The Balaban J connectivity index is 1.81. The first-order valence-electron chi connectivity index (χ1n) is 5.90. The zero-order valence-electron chi connectivity index (χ0n) is 9.49. The van der Waals surface area contributed by atoms with Crippen molar-refractivity contribution in [2.24, 2.45) is 17.8 Å². The third-order valence-corrected chi connectivity index (χ3v) is 3.48. The van der Waals surface area contributed by atoms with E-state index in [0.717, 1.165) is 5.92 Å². The molecule has 2 N–H and O–H groups in total. The molecule has 1 saturated carbocycles. The number of hydrazine groups is 1. The molecule has 0 saturated heterocycles. The van der Waals surface area contributed by atoms with E-state index in [4.69, 9.17) is 0 Å². The van der Waals surface area contributed by atoms with Gasteiger partial charge in [0.1, 0.15) is 0 Å². The van der Waals surface area contributed by atoms with Crippen LogP contribution in [0.15, 0.2) is 12.2 Å². The number of carbonyl (C=O) groups is 1. The molecule has 3 heteroatoms. The van der Waals surface area contributed by atoms with E-state index in [-0.39, 0.29) is 11.8 Å². The topological polar surface area (TPSA) is 41.1 Å². The van der Waals surface area contributed by atoms with Gasteiger partial charge in [0.25, 0.3) is 0 Å². The maximum atomic E-state index is 11.4. The monoisotopic (exact) mass is 208 g/mol. The lowest BCUT2D eigenvalue weighted by Gasteiger charge is -2.38. The maximum Gasteiger partial charge on any atom is 0.236 e. The van der Waals surface area contributed by atoms with Crippen LogP contribution in [0.3, 0.4) is 0 Å². The summed E-state index contributed by atoms with van der Waals surface area (Å²) in [4.78, 5) is 11.4. The number of amides is 1. The number of carbonyl (C=O) groups excluding carboxylic acids is 1. The third-order valence-electron chi connectivity index (χ3n) is 3.48. The normalized spacial score (nSPS) is 33.4. The van der Waals surface area contributed by atoms with Crippen LogP contribution in [0, 0.1) is 17.8 Å². The molecule has 0 heterocycles. The van der Waals surface area contributed by atoms with Crippen molar-refractivity contribution in [3.8, 4) is 0 Å². The number of rotatable bonds is 3. The second-order valence-electron chi connectivity index (χ2n) is 5.02. The van der Waals surface area contributed by atoms with Crippen molar-refractivity contribution < 1.29 is 4.79 Å². The molecule has 2 bridgehead atoms. The molecule has 1 fully saturated rings. The fraction of sp³-hybridized carbons (Fsp3) is 0.750. The van der Waals surface area contributed by atoms with E-state index in [9.17, 15) is 4.79 Å². The van der Waals surface area contributed by atoms with Gasteiger partial charge < -0.3 is 0 Å². The summed E-state index contributed by atoms with van der Waals surface area (Å²) in [6.45, 7) is 3.81. The lowest BCUT2D eigenvalue weighted by molar-refractivity contribution is -0.125. The predicted molar refractivity (Wildman–Crippen MR) is 59.9 cm³/mol. The summed E-state index contributed by atoms with van der Waals surface area (Å²) in [6, 6.07) is 0.441. The molecule has 3 unspecified atom stereocenters. The van der Waals surface area contributed by atoms with Gasteiger partial charge in [0, 0.05) is 12.0 Å². The zero-order chi connectivity index (χ0) is 10.8. The molecule has 3 atom stereocenters. The molecule has 3 rings (SSSR count). The Hall–Kier alpha value is -0.830. The van der Waals surface area contributed by atoms with Crippen molar-refractivity contribution in [2.75, 3.05) is 0 Å². The fourth-order valence-electron chi connectivity index (χ4n) is 2.41. The highest BCUT2D eigenvalue weighted by Crippen LogP contribution is 2.35. The maximum absolute atomic E-state index is 11.4. The smallest absolute Gasteiger partial charge is 0.236 e. The number of hydrogen-bond acceptors (Lipinski definition) is 2. The van der Waals surface area contributed by atoms with Crippen LogP contribution in [-0.2, 0) is 4.79 Å². The van der Waals surface area contributed by atoms with Crippen LogP contribution >= 0.6 is 0 Å². The molecule has 0 aliphatic heterocycles. The van der Waals surface area contributed by atoms with Crippen molar-refractivity contribution in [1.29, 1.82) is 0 Å². The van der Waals surface area contributed by atoms with Crippen LogP contribution in [0.25, 0.3) is 0 Å². The number of allylic oxidation sites excluding steroid dienone is 1. The fourth-order valence-corrected chi connectivity index (χ4v) is 2.41. The number of hydrogen-bond donors (Lipinski definition) is 2. The average Bonchev–Trinajstić information content (AvgIpc) is 2.27. The molecule has 0 aromatic carbocycles. The molecule has 3 nitrogen and oxygen atoms in total. The molecule has 0 aromatic rings. The Labute approximate surface area is 91.3 Å². The minimum Gasteiger partial charge on any atom is -0.291 e. The molecular weight excluding hydrogens is 188 g/mol. The van der Waals surface area contributed by atoms with E-state index in [1.807, 2.05) is 13.8 Å². The summed E-state index contributed by atoms with van der Waals surface area (Å²) in [6.07, 6.45) is 8.38. The first-order valence-corrected chi connectivity index (χ1v) is 5.90. The van der Waals surface area contributed by atoms with Gasteiger partial charge >= 0.3 is 0 Å².